The average molecular weight is 409 g/mol. The van der Waals surface area contributed by atoms with Gasteiger partial charge in [0, 0.05) is 23.3 Å². The zero-order valence-electron chi connectivity index (χ0n) is 18.4. The summed E-state index contributed by atoms with van der Waals surface area (Å²) in [7, 11) is 0. The third kappa shape index (κ3) is 5.21. The van der Waals surface area contributed by atoms with Crippen LogP contribution in [0.25, 0.3) is 0 Å². The monoisotopic (exact) mass is 408 g/mol. The largest absolute Gasteiger partial charge is 0.484 e. The van der Waals surface area contributed by atoms with Crippen LogP contribution in [-0.4, -0.2) is 35.4 Å². The number of hydrogen-bond acceptors (Lipinski definition) is 3. The number of rotatable bonds is 6. The molecule has 160 valence electrons. The lowest BCUT2D eigenvalue weighted by molar-refractivity contribution is -0.139. The molecule has 2 atom stereocenters. The van der Waals surface area contributed by atoms with Crippen LogP contribution in [0.5, 0.6) is 5.75 Å². The lowest BCUT2D eigenvalue weighted by Gasteiger charge is -2.38. The van der Waals surface area contributed by atoms with Crippen molar-refractivity contribution < 1.29 is 14.3 Å². The van der Waals surface area contributed by atoms with Gasteiger partial charge in [0.1, 0.15) is 5.75 Å². The molecule has 1 N–H and O–H groups in total. The Kier molecular flexibility index (Phi) is 7.14. The molecule has 1 aliphatic heterocycles. The normalized spacial score (nSPS) is 18.9. The van der Waals surface area contributed by atoms with E-state index in [1.54, 1.807) is 24.3 Å². The van der Waals surface area contributed by atoms with Gasteiger partial charge in [-0.15, -0.1) is 0 Å². The average Bonchev–Trinajstić information content (AvgIpc) is 2.72. The third-order valence-corrected chi connectivity index (χ3v) is 5.79. The second-order valence-electron chi connectivity index (χ2n) is 8.44. The zero-order valence-corrected chi connectivity index (χ0v) is 18.4. The maximum atomic E-state index is 12.6. The summed E-state index contributed by atoms with van der Waals surface area (Å²) in [5.41, 5.74) is 2.48. The number of anilines is 1. The standard InChI is InChI=1S/C25H32N2O3/c1-17(2)22-10-5-6-11-23(22)26-25(29)20-12-14-21(15-13-20)30-16-24(28)27-18(3)8-7-9-19(27)4/h5-6,10-15,17-19H,7-9,16H2,1-4H3,(H,26,29)/t18-,19-/m1/s1. The Bertz CT molecular complexity index is 866. The van der Waals surface area contributed by atoms with Crippen LogP contribution in [0.1, 0.15) is 68.8 Å². The van der Waals surface area contributed by atoms with E-state index in [1.807, 2.05) is 29.2 Å². The Labute approximate surface area is 179 Å². The molecule has 30 heavy (non-hydrogen) atoms. The molecule has 0 spiro atoms. The summed E-state index contributed by atoms with van der Waals surface area (Å²) in [6.45, 7) is 8.41. The molecule has 1 aliphatic rings. The Hall–Kier alpha value is -2.82. The number of piperidine rings is 1. The van der Waals surface area contributed by atoms with Gasteiger partial charge in [-0.3, -0.25) is 9.59 Å². The molecule has 1 fully saturated rings. The van der Waals surface area contributed by atoms with Gasteiger partial charge in [0.15, 0.2) is 6.61 Å². The molecule has 0 saturated carbocycles. The van der Waals surface area contributed by atoms with Crippen LogP contribution in [0.3, 0.4) is 0 Å². The molecule has 0 bridgehead atoms. The van der Waals surface area contributed by atoms with Crippen molar-refractivity contribution in [2.75, 3.05) is 11.9 Å². The molecule has 2 aromatic carbocycles. The molecule has 0 aliphatic carbocycles. The van der Waals surface area contributed by atoms with Gasteiger partial charge in [-0.2, -0.15) is 0 Å². The number of carbonyl (C=O) groups is 2. The molecule has 3 rings (SSSR count). The van der Waals surface area contributed by atoms with Crippen LogP contribution in [0.2, 0.25) is 0 Å². The van der Waals surface area contributed by atoms with Gasteiger partial charge < -0.3 is 15.0 Å². The SMILES string of the molecule is CC(C)c1ccccc1NC(=O)c1ccc(OCC(=O)N2[C@H](C)CCC[C@H]2C)cc1. The predicted molar refractivity (Wildman–Crippen MR) is 120 cm³/mol. The summed E-state index contributed by atoms with van der Waals surface area (Å²) in [4.78, 5) is 27.2. The predicted octanol–water partition coefficient (Wildman–Crippen LogP) is 5.23. The van der Waals surface area contributed by atoms with Crippen molar-refractivity contribution in [2.45, 2.75) is 65.0 Å². The number of benzene rings is 2. The van der Waals surface area contributed by atoms with Crippen molar-refractivity contribution in [3.63, 3.8) is 0 Å². The van der Waals surface area contributed by atoms with Gasteiger partial charge in [-0.05, 0) is 74.9 Å². The van der Waals surface area contributed by atoms with Gasteiger partial charge in [0.2, 0.25) is 0 Å². The second-order valence-corrected chi connectivity index (χ2v) is 8.44. The quantitative estimate of drug-likeness (QED) is 0.712. The van der Waals surface area contributed by atoms with Crippen LogP contribution in [0.15, 0.2) is 48.5 Å². The minimum atomic E-state index is -0.165. The summed E-state index contributed by atoms with van der Waals surface area (Å²) >= 11 is 0. The molecule has 1 saturated heterocycles. The van der Waals surface area contributed by atoms with Crippen molar-refractivity contribution in [3.8, 4) is 5.75 Å². The van der Waals surface area contributed by atoms with E-state index >= 15 is 0 Å². The van der Waals surface area contributed by atoms with Crippen molar-refractivity contribution in [3.05, 3.63) is 59.7 Å². The molecule has 2 amide bonds. The number of carbonyl (C=O) groups excluding carboxylic acids is 2. The molecule has 0 unspecified atom stereocenters. The summed E-state index contributed by atoms with van der Waals surface area (Å²) in [5.74, 6) is 0.753. The van der Waals surface area contributed by atoms with E-state index in [0.717, 1.165) is 30.5 Å². The highest BCUT2D eigenvalue weighted by Gasteiger charge is 2.29. The van der Waals surface area contributed by atoms with E-state index in [0.29, 0.717) is 17.2 Å². The summed E-state index contributed by atoms with van der Waals surface area (Å²) in [6.07, 6.45) is 3.25. The van der Waals surface area contributed by atoms with E-state index < -0.39 is 0 Å². The summed E-state index contributed by atoms with van der Waals surface area (Å²) < 4.78 is 5.70. The third-order valence-electron chi connectivity index (χ3n) is 5.79. The van der Waals surface area contributed by atoms with Crippen molar-refractivity contribution >= 4 is 17.5 Å². The van der Waals surface area contributed by atoms with E-state index in [-0.39, 0.29) is 30.5 Å². The maximum Gasteiger partial charge on any atom is 0.260 e. The van der Waals surface area contributed by atoms with Crippen molar-refractivity contribution in [1.29, 1.82) is 0 Å². The number of nitrogens with one attached hydrogen (secondary N) is 1. The zero-order chi connectivity index (χ0) is 21.7. The first-order chi connectivity index (χ1) is 14.4. The molecule has 0 aromatic heterocycles. The molecule has 1 heterocycles. The Morgan fingerprint density at radius 2 is 1.67 bits per heavy atom. The number of hydrogen-bond donors (Lipinski definition) is 1. The highest BCUT2D eigenvalue weighted by Crippen LogP contribution is 2.25. The molecular formula is C25H32N2O3. The topological polar surface area (TPSA) is 58.6 Å². The van der Waals surface area contributed by atoms with Gasteiger partial charge in [0.05, 0.1) is 0 Å². The maximum absolute atomic E-state index is 12.6. The Morgan fingerprint density at radius 3 is 2.30 bits per heavy atom. The van der Waals surface area contributed by atoms with Crippen LogP contribution in [0.4, 0.5) is 5.69 Å². The van der Waals surface area contributed by atoms with E-state index in [9.17, 15) is 9.59 Å². The van der Waals surface area contributed by atoms with Crippen LogP contribution in [-0.2, 0) is 4.79 Å². The fraction of sp³-hybridized carbons (Fsp3) is 0.440. The number of amides is 2. The molecular weight excluding hydrogens is 376 g/mol. The molecule has 5 heteroatoms. The van der Waals surface area contributed by atoms with Gasteiger partial charge >= 0.3 is 0 Å². The first kappa shape index (κ1) is 21.9. The number of likely N-dealkylation sites (tertiary alicyclic amines) is 1. The highest BCUT2D eigenvalue weighted by molar-refractivity contribution is 6.04. The summed E-state index contributed by atoms with van der Waals surface area (Å²) in [6, 6.07) is 15.3. The second kappa shape index (κ2) is 9.79. The minimum Gasteiger partial charge on any atom is -0.484 e. The molecule has 5 nitrogen and oxygen atoms in total. The van der Waals surface area contributed by atoms with Crippen LogP contribution >= 0.6 is 0 Å². The lowest BCUT2D eigenvalue weighted by Crippen LogP contribution is -2.49. The van der Waals surface area contributed by atoms with E-state index in [1.165, 1.54) is 0 Å². The first-order valence-electron chi connectivity index (χ1n) is 10.8. The fourth-order valence-electron chi connectivity index (χ4n) is 4.14. The molecule has 2 aromatic rings. The van der Waals surface area contributed by atoms with E-state index in [2.05, 4.69) is 33.0 Å². The molecule has 0 radical (unpaired) electrons. The van der Waals surface area contributed by atoms with Gasteiger partial charge in [-0.25, -0.2) is 0 Å². The van der Waals surface area contributed by atoms with Gasteiger partial charge in [-0.1, -0.05) is 32.0 Å². The highest BCUT2D eigenvalue weighted by atomic mass is 16.5. The smallest absolute Gasteiger partial charge is 0.260 e. The Morgan fingerprint density at radius 1 is 1.03 bits per heavy atom. The van der Waals surface area contributed by atoms with Gasteiger partial charge in [0.25, 0.3) is 11.8 Å². The number of ether oxygens (including phenoxy) is 1. The van der Waals surface area contributed by atoms with Crippen LogP contribution in [0, 0.1) is 0 Å². The lowest BCUT2D eigenvalue weighted by atomic mass is 9.97. The van der Waals surface area contributed by atoms with Crippen molar-refractivity contribution in [1.82, 2.24) is 4.90 Å². The fourth-order valence-corrected chi connectivity index (χ4v) is 4.14. The van der Waals surface area contributed by atoms with E-state index in [4.69, 9.17) is 4.74 Å². The minimum absolute atomic E-state index is 0.0156. The van der Waals surface area contributed by atoms with Crippen molar-refractivity contribution in [2.24, 2.45) is 0 Å². The number of para-hydroxylation sites is 1. The van der Waals surface area contributed by atoms with Crippen LogP contribution < -0.4 is 10.1 Å². The first-order valence-corrected chi connectivity index (χ1v) is 10.8. The Balaban J connectivity index is 1.58. The number of nitrogens with zero attached hydrogens (tertiary/aromatic N) is 1. The summed E-state index contributed by atoms with van der Waals surface area (Å²) in [5, 5.41) is 2.99.